The summed E-state index contributed by atoms with van der Waals surface area (Å²) in [5.41, 5.74) is 9.70. The van der Waals surface area contributed by atoms with Gasteiger partial charge in [0.1, 0.15) is 11.6 Å². The number of nitrogens with one attached hydrogen (secondary N) is 1. The van der Waals surface area contributed by atoms with Gasteiger partial charge in [0, 0.05) is 24.6 Å². The highest BCUT2D eigenvalue weighted by Gasteiger charge is 2.24. The number of halogens is 1. The Balaban J connectivity index is 2.13. The molecule has 0 saturated heterocycles. The average Bonchev–Trinajstić information content (AvgIpc) is 2.72. The van der Waals surface area contributed by atoms with Gasteiger partial charge < -0.3 is 11.1 Å². The van der Waals surface area contributed by atoms with Crippen LogP contribution in [0.15, 0.2) is 18.2 Å². The molecular formula is C14H17FN4. The van der Waals surface area contributed by atoms with Crippen LogP contribution in [0.5, 0.6) is 0 Å². The fourth-order valence-corrected chi connectivity index (χ4v) is 2.61. The van der Waals surface area contributed by atoms with E-state index in [1.807, 2.05) is 0 Å². The fraction of sp³-hybridized carbons (Fsp3) is 0.357. The summed E-state index contributed by atoms with van der Waals surface area (Å²) < 4.78 is 15.0. The van der Waals surface area contributed by atoms with Crippen molar-refractivity contribution in [3.8, 4) is 5.69 Å². The number of nitrogens with two attached hydrogens (primary N) is 1. The molecule has 1 aromatic heterocycles. The highest BCUT2D eigenvalue weighted by atomic mass is 19.1. The first-order valence-corrected chi connectivity index (χ1v) is 6.45. The molecule has 1 aromatic carbocycles. The van der Waals surface area contributed by atoms with Gasteiger partial charge >= 0.3 is 0 Å². The number of anilines is 1. The van der Waals surface area contributed by atoms with E-state index in [1.54, 1.807) is 23.7 Å². The van der Waals surface area contributed by atoms with E-state index in [0.717, 1.165) is 29.9 Å². The number of aryl methyl sites for hydroxylation is 1. The minimum atomic E-state index is -0.214. The summed E-state index contributed by atoms with van der Waals surface area (Å²) in [4.78, 5) is 0. The predicted octanol–water partition coefficient (Wildman–Crippen LogP) is 2.11. The molecule has 2 heterocycles. The standard InChI is InChI=1S/C14H17FN4/c1-8-7-10(3-4-11(8)15)19-14(16)13-9(2)17-6-5-12(13)18-19/h3-4,7,9,17H,5-6,16H2,1-2H3/t9-/m0/s1. The Bertz CT molecular complexity index is 633. The summed E-state index contributed by atoms with van der Waals surface area (Å²) in [5.74, 6) is 0.426. The Morgan fingerprint density at radius 2 is 2.26 bits per heavy atom. The zero-order chi connectivity index (χ0) is 13.6. The SMILES string of the molecule is Cc1cc(-n2nc3c(c2N)[C@H](C)NCC3)ccc1F. The summed E-state index contributed by atoms with van der Waals surface area (Å²) >= 11 is 0. The first-order valence-electron chi connectivity index (χ1n) is 6.45. The molecule has 0 saturated carbocycles. The van der Waals surface area contributed by atoms with Crippen LogP contribution in [0.25, 0.3) is 5.69 Å². The molecule has 0 fully saturated rings. The van der Waals surface area contributed by atoms with Gasteiger partial charge in [-0.2, -0.15) is 5.10 Å². The van der Waals surface area contributed by atoms with Crippen LogP contribution < -0.4 is 11.1 Å². The molecule has 0 radical (unpaired) electrons. The van der Waals surface area contributed by atoms with Crippen molar-refractivity contribution in [1.82, 2.24) is 15.1 Å². The number of hydrogen-bond acceptors (Lipinski definition) is 3. The van der Waals surface area contributed by atoms with Crippen molar-refractivity contribution in [3.63, 3.8) is 0 Å². The Kier molecular flexibility index (Phi) is 2.78. The molecule has 0 bridgehead atoms. The van der Waals surface area contributed by atoms with Crippen LogP contribution in [-0.4, -0.2) is 16.3 Å². The summed E-state index contributed by atoms with van der Waals surface area (Å²) in [6, 6.07) is 5.13. The Morgan fingerprint density at radius 1 is 1.47 bits per heavy atom. The largest absolute Gasteiger partial charge is 0.383 e. The van der Waals surface area contributed by atoms with E-state index in [2.05, 4.69) is 17.3 Å². The van der Waals surface area contributed by atoms with Gasteiger partial charge in [-0.3, -0.25) is 0 Å². The second-order valence-electron chi connectivity index (χ2n) is 5.02. The van der Waals surface area contributed by atoms with Gasteiger partial charge in [-0.1, -0.05) is 0 Å². The molecule has 1 aliphatic rings. The van der Waals surface area contributed by atoms with E-state index in [4.69, 9.17) is 5.73 Å². The molecule has 5 heteroatoms. The number of fused-ring (bicyclic) bond motifs is 1. The van der Waals surface area contributed by atoms with Crippen LogP contribution in [0, 0.1) is 12.7 Å². The van der Waals surface area contributed by atoms with Crippen molar-refractivity contribution < 1.29 is 4.39 Å². The molecule has 3 N–H and O–H groups in total. The number of benzene rings is 1. The molecule has 0 aliphatic carbocycles. The van der Waals surface area contributed by atoms with Crippen molar-refractivity contribution in [1.29, 1.82) is 0 Å². The zero-order valence-corrected chi connectivity index (χ0v) is 11.1. The molecule has 1 atom stereocenters. The lowest BCUT2D eigenvalue weighted by atomic mass is 10.0. The number of hydrogen-bond donors (Lipinski definition) is 2. The molecule has 0 spiro atoms. The number of nitrogen functional groups attached to an aromatic ring is 1. The Morgan fingerprint density at radius 3 is 2.95 bits per heavy atom. The van der Waals surface area contributed by atoms with Crippen LogP contribution in [0.1, 0.15) is 29.8 Å². The number of aromatic nitrogens is 2. The molecule has 0 amide bonds. The van der Waals surface area contributed by atoms with Gasteiger partial charge in [0.05, 0.1) is 11.4 Å². The van der Waals surface area contributed by atoms with Crippen LogP contribution in [0.2, 0.25) is 0 Å². The third-order valence-electron chi connectivity index (χ3n) is 3.67. The second kappa shape index (κ2) is 4.35. The van der Waals surface area contributed by atoms with Crippen molar-refractivity contribution in [2.75, 3.05) is 12.3 Å². The monoisotopic (exact) mass is 260 g/mol. The van der Waals surface area contributed by atoms with Gasteiger partial charge in [-0.15, -0.1) is 0 Å². The number of rotatable bonds is 1. The topological polar surface area (TPSA) is 55.9 Å². The summed E-state index contributed by atoms with van der Waals surface area (Å²) in [6.45, 7) is 4.73. The highest BCUT2D eigenvalue weighted by Crippen LogP contribution is 2.30. The molecule has 1 aliphatic heterocycles. The molecule has 0 unspecified atom stereocenters. The Labute approximate surface area is 111 Å². The third kappa shape index (κ3) is 1.90. The maximum absolute atomic E-state index is 13.3. The number of nitrogens with zero attached hydrogens (tertiary/aromatic N) is 2. The summed E-state index contributed by atoms with van der Waals surface area (Å²) in [5, 5.41) is 7.94. The second-order valence-corrected chi connectivity index (χ2v) is 5.02. The third-order valence-corrected chi connectivity index (χ3v) is 3.67. The fourth-order valence-electron chi connectivity index (χ4n) is 2.61. The first kappa shape index (κ1) is 12.2. The average molecular weight is 260 g/mol. The molecule has 3 rings (SSSR count). The van der Waals surface area contributed by atoms with Crippen molar-refractivity contribution in [2.45, 2.75) is 26.3 Å². The molecule has 19 heavy (non-hydrogen) atoms. The van der Waals surface area contributed by atoms with E-state index >= 15 is 0 Å². The molecule has 100 valence electrons. The van der Waals surface area contributed by atoms with Gasteiger partial charge in [-0.25, -0.2) is 9.07 Å². The van der Waals surface area contributed by atoms with Crippen molar-refractivity contribution in [3.05, 3.63) is 40.8 Å². The van der Waals surface area contributed by atoms with Crippen LogP contribution in [0.4, 0.5) is 10.2 Å². The highest BCUT2D eigenvalue weighted by molar-refractivity contribution is 5.52. The minimum absolute atomic E-state index is 0.207. The van der Waals surface area contributed by atoms with Crippen LogP contribution in [-0.2, 0) is 6.42 Å². The van der Waals surface area contributed by atoms with Crippen molar-refractivity contribution >= 4 is 5.82 Å². The van der Waals surface area contributed by atoms with Crippen molar-refractivity contribution in [2.24, 2.45) is 0 Å². The lowest BCUT2D eigenvalue weighted by Gasteiger charge is -2.19. The quantitative estimate of drug-likeness (QED) is 0.825. The lowest BCUT2D eigenvalue weighted by Crippen LogP contribution is -2.27. The van der Waals surface area contributed by atoms with Gasteiger partial charge in [0.2, 0.25) is 0 Å². The van der Waals surface area contributed by atoms with Crippen LogP contribution >= 0.6 is 0 Å². The maximum atomic E-state index is 13.3. The van der Waals surface area contributed by atoms with Gasteiger partial charge in [0.25, 0.3) is 0 Å². The molecular weight excluding hydrogens is 243 g/mol. The predicted molar refractivity (Wildman–Crippen MR) is 72.8 cm³/mol. The van der Waals surface area contributed by atoms with Crippen LogP contribution in [0.3, 0.4) is 0 Å². The molecule has 4 nitrogen and oxygen atoms in total. The van der Waals surface area contributed by atoms with E-state index in [0.29, 0.717) is 11.4 Å². The molecule has 2 aromatic rings. The van der Waals surface area contributed by atoms with Gasteiger partial charge in [0.15, 0.2) is 0 Å². The smallest absolute Gasteiger partial charge is 0.132 e. The minimum Gasteiger partial charge on any atom is -0.383 e. The Hall–Kier alpha value is -1.88. The normalized spacial score (nSPS) is 18.4. The maximum Gasteiger partial charge on any atom is 0.132 e. The lowest BCUT2D eigenvalue weighted by molar-refractivity contribution is 0.538. The zero-order valence-electron chi connectivity index (χ0n) is 11.1. The van der Waals surface area contributed by atoms with E-state index in [9.17, 15) is 4.39 Å². The van der Waals surface area contributed by atoms with E-state index in [1.165, 1.54) is 6.07 Å². The van der Waals surface area contributed by atoms with E-state index in [-0.39, 0.29) is 11.9 Å². The summed E-state index contributed by atoms with van der Waals surface area (Å²) in [7, 11) is 0. The first-order chi connectivity index (χ1) is 9.08. The summed E-state index contributed by atoms with van der Waals surface area (Å²) in [6.07, 6.45) is 0.872. The van der Waals surface area contributed by atoms with Gasteiger partial charge in [-0.05, 0) is 37.6 Å². The van der Waals surface area contributed by atoms with E-state index < -0.39 is 0 Å².